The van der Waals surface area contributed by atoms with Crippen LogP contribution < -0.4 is 5.73 Å². The number of hydrogen-bond acceptors (Lipinski definition) is 3. The van der Waals surface area contributed by atoms with Gasteiger partial charge in [0.15, 0.2) is 0 Å². The monoisotopic (exact) mass is 129 g/mol. The van der Waals surface area contributed by atoms with Crippen LogP contribution in [0, 0.1) is 12.5 Å². The molecule has 52 valence electrons. The first-order chi connectivity index (χ1) is 4.41. The van der Waals surface area contributed by atoms with Gasteiger partial charge in [-0.1, -0.05) is 6.42 Å². The fourth-order valence-corrected chi connectivity index (χ4v) is 0.345. The van der Waals surface area contributed by atoms with Gasteiger partial charge in [-0.2, -0.15) is 0 Å². The Morgan fingerprint density at radius 2 is 2.11 bits per heavy atom. The average molecular weight is 129 g/mol. The highest BCUT2D eigenvalue weighted by Crippen LogP contribution is 1.73. The second-order valence-electron chi connectivity index (χ2n) is 1.37. The second-order valence-corrected chi connectivity index (χ2v) is 1.37. The van der Waals surface area contributed by atoms with Crippen molar-refractivity contribution in [3.8, 4) is 12.5 Å². The normalized spacial score (nSPS) is 8.44. The first-order valence-electron chi connectivity index (χ1n) is 2.77. The third-order valence-corrected chi connectivity index (χ3v) is 0.675. The molecule has 0 heterocycles. The molecular formula is C6H11NO2. The van der Waals surface area contributed by atoms with Crippen molar-refractivity contribution in [2.24, 2.45) is 5.73 Å². The van der Waals surface area contributed by atoms with Crippen molar-refractivity contribution in [2.45, 2.75) is 0 Å². The van der Waals surface area contributed by atoms with E-state index in [2.05, 4.69) is 4.74 Å². The summed E-state index contributed by atoms with van der Waals surface area (Å²) < 4.78 is 9.48. The molecule has 0 radical (unpaired) electrons. The SMILES string of the molecule is C#COCCOCCN. The van der Waals surface area contributed by atoms with E-state index in [4.69, 9.17) is 16.9 Å². The highest BCUT2D eigenvalue weighted by atomic mass is 16.5. The van der Waals surface area contributed by atoms with Crippen molar-refractivity contribution in [1.29, 1.82) is 0 Å². The lowest BCUT2D eigenvalue weighted by Gasteiger charge is -1.98. The Morgan fingerprint density at radius 1 is 1.33 bits per heavy atom. The molecule has 0 saturated carbocycles. The molecular weight excluding hydrogens is 118 g/mol. The van der Waals surface area contributed by atoms with E-state index in [1.165, 1.54) is 0 Å². The molecule has 0 fully saturated rings. The van der Waals surface area contributed by atoms with Gasteiger partial charge in [0.1, 0.15) is 12.7 Å². The Hall–Kier alpha value is -0.720. The molecule has 0 rings (SSSR count). The number of nitrogens with two attached hydrogens (primary N) is 1. The Morgan fingerprint density at radius 3 is 2.67 bits per heavy atom. The van der Waals surface area contributed by atoms with Gasteiger partial charge in [-0.25, -0.2) is 0 Å². The maximum atomic E-state index is 5.14. The van der Waals surface area contributed by atoms with Gasteiger partial charge in [-0.3, -0.25) is 0 Å². The summed E-state index contributed by atoms with van der Waals surface area (Å²) >= 11 is 0. The number of hydrogen-bond donors (Lipinski definition) is 1. The zero-order valence-corrected chi connectivity index (χ0v) is 5.30. The van der Waals surface area contributed by atoms with Crippen molar-refractivity contribution in [2.75, 3.05) is 26.4 Å². The molecule has 0 aliphatic carbocycles. The quantitative estimate of drug-likeness (QED) is 0.404. The van der Waals surface area contributed by atoms with Crippen molar-refractivity contribution in [3.63, 3.8) is 0 Å². The van der Waals surface area contributed by atoms with E-state index < -0.39 is 0 Å². The molecule has 3 nitrogen and oxygen atoms in total. The Kier molecular flexibility index (Phi) is 6.70. The molecule has 0 aliphatic rings. The average Bonchev–Trinajstić information content (AvgIpc) is 1.89. The lowest BCUT2D eigenvalue weighted by molar-refractivity contribution is 0.0962. The van der Waals surface area contributed by atoms with E-state index in [1.54, 1.807) is 0 Å². The Labute approximate surface area is 55.1 Å². The summed E-state index contributed by atoms with van der Waals surface area (Å²) in [6.45, 7) is 2.06. The van der Waals surface area contributed by atoms with E-state index in [1.807, 2.05) is 6.11 Å². The van der Waals surface area contributed by atoms with Gasteiger partial charge in [0.2, 0.25) is 0 Å². The largest absolute Gasteiger partial charge is 0.444 e. The standard InChI is InChI=1S/C6H11NO2/c1-2-8-5-6-9-4-3-7/h1H,3-7H2. The topological polar surface area (TPSA) is 44.5 Å². The van der Waals surface area contributed by atoms with Gasteiger partial charge < -0.3 is 15.2 Å². The lowest BCUT2D eigenvalue weighted by atomic mass is 10.7. The molecule has 3 heteroatoms. The summed E-state index contributed by atoms with van der Waals surface area (Å²) in [5.74, 6) is 0. The van der Waals surface area contributed by atoms with Gasteiger partial charge in [-0.05, 0) is 0 Å². The molecule has 0 aromatic rings. The van der Waals surface area contributed by atoms with E-state index >= 15 is 0 Å². The van der Waals surface area contributed by atoms with Crippen molar-refractivity contribution < 1.29 is 9.47 Å². The van der Waals surface area contributed by atoms with Crippen LogP contribution in [-0.2, 0) is 9.47 Å². The summed E-state index contributed by atoms with van der Waals surface area (Å²) in [6, 6.07) is 0. The number of rotatable bonds is 5. The summed E-state index contributed by atoms with van der Waals surface area (Å²) in [7, 11) is 0. The fourth-order valence-electron chi connectivity index (χ4n) is 0.345. The van der Waals surface area contributed by atoms with Crippen LogP contribution >= 0.6 is 0 Å². The summed E-state index contributed by atoms with van der Waals surface area (Å²) in [5, 5.41) is 0. The zero-order chi connectivity index (χ0) is 6.95. The van der Waals surface area contributed by atoms with Gasteiger partial charge in [0, 0.05) is 6.54 Å². The van der Waals surface area contributed by atoms with Crippen LogP contribution in [0.4, 0.5) is 0 Å². The van der Waals surface area contributed by atoms with Gasteiger partial charge in [0.05, 0.1) is 13.2 Å². The maximum absolute atomic E-state index is 5.14. The zero-order valence-electron chi connectivity index (χ0n) is 5.30. The van der Waals surface area contributed by atoms with Gasteiger partial charge in [-0.15, -0.1) is 0 Å². The highest BCUT2D eigenvalue weighted by molar-refractivity contribution is 4.67. The molecule has 0 aliphatic heterocycles. The van der Waals surface area contributed by atoms with Crippen LogP contribution in [0.2, 0.25) is 0 Å². The molecule has 0 aromatic carbocycles. The molecule has 0 aromatic heterocycles. The number of terminal acetylenes is 1. The molecule has 0 amide bonds. The third-order valence-electron chi connectivity index (χ3n) is 0.675. The molecule has 9 heavy (non-hydrogen) atoms. The Bertz CT molecular complexity index is 87.5. The van der Waals surface area contributed by atoms with Crippen LogP contribution in [0.1, 0.15) is 0 Å². The first-order valence-corrected chi connectivity index (χ1v) is 2.77. The number of ether oxygens (including phenoxy) is 2. The maximum Gasteiger partial charge on any atom is 0.123 e. The Balaban J connectivity index is 2.69. The summed E-state index contributed by atoms with van der Waals surface area (Å²) in [6.07, 6.45) is 6.82. The van der Waals surface area contributed by atoms with Gasteiger partial charge >= 0.3 is 0 Å². The van der Waals surface area contributed by atoms with Crippen LogP contribution in [-0.4, -0.2) is 26.4 Å². The minimum Gasteiger partial charge on any atom is -0.444 e. The first kappa shape index (κ1) is 8.28. The molecule has 0 unspecified atom stereocenters. The van der Waals surface area contributed by atoms with E-state index in [0.29, 0.717) is 26.4 Å². The summed E-state index contributed by atoms with van der Waals surface area (Å²) in [5.41, 5.74) is 5.14. The smallest absolute Gasteiger partial charge is 0.123 e. The third kappa shape index (κ3) is 7.28. The molecule has 0 atom stereocenters. The second kappa shape index (κ2) is 7.28. The van der Waals surface area contributed by atoms with Crippen molar-refractivity contribution in [3.05, 3.63) is 0 Å². The van der Waals surface area contributed by atoms with E-state index in [0.717, 1.165) is 0 Å². The molecule has 0 spiro atoms. The van der Waals surface area contributed by atoms with Crippen molar-refractivity contribution in [1.82, 2.24) is 0 Å². The minimum absolute atomic E-state index is 0.441. The van der Waals surface area contributed by atoms with Gasteiger partial charge in [0.25, 0.3) is 0 Å². The molecule has 0 bridgehead atoms. The lowest BCUT2D eigenvalue weighted by Crippen LogP contribution is -2.11. The predicted molar refractivity (Wildman–Crippen MR) is 34.7 cm³/mol. The predicted octanol–water partition coefficient (Wildman–Crippen LogP) is -0.431. The summed E-state index contributed by atoms with van der Waals surface area (Å²) in [4.78, 5) is 0. The fraction of sp³-hybridized carbons (Fsp3) is 0.667. The van der Waals surface area contributed by atoms with E-state index in [9.17, 15) is 0 Å². The van der Waals surface area contributed by atoms with Crippen LogP contribution in [0.15, 0.2) is 0 Å². The van der Waals surface area contributed by atoms with Crippen LogP contribution in [0.5, 0.6) is 0 Å². The highest BCUT2D eigenvalue weighted by Gasteiger charge is 1.83. The molecule has 2 N–H and O–H groups in total. The van der Waals surface area contributed by atoms with Crippen molar-refractivity contribution >= 4 is 0 Å². The van der Waals surface area contributed by atoms with Crippen LogP contribution in [0.25, 0.3) is 0 Å². The minimum atomic E-state index is 0.441. The van der Waals surface area contributed by atoms with Crippen LogP contribution in [0.3, 0.4) is 0 Å². The van der Waals surface area contributed by atoms with E-state index in [-0.39, 0.29) is 0 Å². The molecule has 0 saturated heterocycles.